The summed E-state index contributed by atoms with van der Waals surface area (Å²) in [6.45, 7) is 0.562. The van der Waals surface area contributed by atoms with Crippen LogP contribution in [0.25, 0.3) is 0 Å². The fraction of sp³-hybridized carbons (Fsp3) is 0.462. The number of methoxy groups -OCH3 is 1. The summed E-state index contributed by atoms with van der Waals surface area (Å²) in [5.74, 6) is 0.813. The SMILES string of the molecule is COc1ccc2c(c1)C1(CCC2)CNC(=O)O1. The fourth-order valence-electron chi connectivity index (χ4n) is 2.78. The summed E-state index contributed by atoms with van der Waals surface area (Å²) in [6.07, 6.45) is 2.65. The highest BCUT2D eigenvalue weighted by Gasteiger charge is 2.44. The van der Waals surface area contributed by atoms with E-state index in [0.29, 0.717) is 6.54 Å². The van der Waals surface area contributed by atoms with Crippen molar-refractivity contribution in [1.29, 1.82) is 0 Å². The Morgan fingerprint density at radius 2 is 2.35 bits per heavy atom. The molecule has 1 aromatic rings. The maximum Gasteiger partial charge on any atom is 0.408 e. The smallest absolute Gasteiger partial charge is 0.408 e. The van der Waals surface area contributed by atoms with Gasteiger partial charge < -0.3 is 14.8 Å². The first kappa shape index (κ1) is 10.4. The molecule has 1 atom stereocenters. The number of amides is 1. The highest BCUT2D eigenvalue weighted by molar-refractivity contribution is 5.71. The Morgan fingerprint density at radius 1 is 1.47 bits per heavy atom. The first-order valence-corrected chi connectivity index (χ1v) is 5.88. The highest BCUT2D eigenvalue weighted by atomic mass is 16.6. The molecule has 0 radical (unpaired) electrons. The van der Waals surface area contributed by atoms with E-state index < -0.39 is 5.60 Å². The van der Waals surface area contributed by atoms with Gasteiger partial charge in [0, 0.05) is 5.56 Å². The molecule has 1 N–H and O–H groups in total. The predicted octanol–water partition coefficient (Wildman–Crippen LogP) is 1.97. The third-order valence-electron chi connectivity index (χ3n) is 3.64. The van der Waals surface area contributed by atoms with E-state index in [2.05, 4.69) is 11.4 Å². The van der Waals surface area contributed by atoms with Crippen LogP contribution in [0.5, 0.6) is 5.75 Å². The molecule has 1 amide bonds. The average molecular weight is 233 g/mol. The number of rotatable bonds is 1. The van der Waals surface area contributed by atoms with E-state index in [1.165, 1.54) is 5.56 Å². The van der Waals surface area contributed by atoms with Gasteiger partial charge in [0.2, 0.25) is 0 Å². The number of hydrogen-bond donors (Lipinski definition) is 1. The summed E-state index contributed by atoms with van der Waals surface area (Å²) in [6, 6.07) is 6.03. The van der Waals surface area contributed by atoms with E-state index in [1.54, 1.807) is 7.11 Å². The summed E-state index contributed by atoms with van der Waals surface area (Å²) < 4.78 is 10.8. The molecule has 1 saturated heterocycles. The normalized spacial score (nSPS) is 26.3. The molecule has 4 nitrogen and oxygen atoms in total. The first-order valence-electron chi connectivity index (χ1n) is 5.88. The van der Waals surface area contributed by atoms with Crippen molar-refractivity contribution in [1.82, 2.24) is 5.32 Å². The van der Waals surface area contributed by atoms with Gasteiger partial charge in [0.15, 0.2) is 5.60 Å². The molecule has 1 spiro atoms. The minimum Gasteiger partial charge on any atom is -0.497 e. The van der Waals surface area contributed by atoms with Crippen molar-refractivity contribution in [3.05, 3.63) is 29.3 Å². The van der Waals surface area contributed by atoms with Crippen molar-refractivity contribution in [3.8, 4) is 5.75 Å². The lowest BCUT2D eigenvalue weighted by Gasteiger charge is -2.33. The van der Waals surface area contributed by atoms with Crippen molar-refractivity contribution < 1.29 is 14.3 Å². The van der Waals surface area contributed by atoms with E-state index in [1.807, 2.05) is 12.1 Å². The van der Waals surface area contributed by atoms with Crippen LogP contribution < -0.4 is 10.1 Å². The summed E-state index contributed by atoms with van der Waals surface area (Å²) in [4.78, 5) is 11.3. The molecule has 3 rings (SSSR count). The van der Waals surface area contributed by atoms with Gasteiger partial charge in [0.1, 0.15) is 5.75 Å². The molecular weight excluding hydrogens is 218 g/mol. The minimum atomic E-state index is -0.473. The van der Waals surface area contributed by atoms with Gasteiger partial charge in [-0.15, -0.1) is 0 Å². The third-order valence-corrected chi connectivity index (χ3v) is 3.64. The number of carbonyl (C=O) groups is 1. The summed E-state index contributed by atoms with van der Waals surface area (Å²) in [7, 11) is 1.65. The Morgan fingerprint density at radius 3 is 3.06 bits per heavy atom. The second kappa shape index (κ2) is 3.65. The van der Waals surface area contributed by atoms with Gasteiger partial charge in [-0.05, 0) is 37.0 Å². The molecule has 1 fully saturated rings. The number of nitrogens with one attached hydrogen (secondary N) is 1. The molecule has 17 heavy (non-hydrogen) atoms. The first-order chi connectivity index (χ1) is 8.23. The molecule has 1 aliphatic heterocycles. The Kier molecular flexibility index (Phi) is 2.24. The fourth-order valence-corrected chi connectivity index (χ4v) is 2.78. The maximum atomic E-state index is 11.3. The van der Waals surface area contributed by atoms with E-state index in [0.717, 1.165) is 30.6 Å². The summed E-state index contributed by atoms with van der Waals surface area (Å²) >= 11 is 0. The topological polar surface area (TPSA) is 47.6 Å². The van der Waals surface area contributed by atoms with Gasteiger partial charge in [0.05, 0.1) is 13.7 Å². The number of alkyl carbamates (subject to hydrolysis) is 1. The third kappa shape index (κ3) is 1.55. The van der Waals surface area contributed by atoms with Crippen LogP contribution in [-0.2, 0) is 16.8 Å². The van der Waals surface area contributed by atoms with Crippen molar-refractivity contribution >= 4 is 6.09 Å². The monoisotopic (exact) mass is 233 g/mol. The lowest BCUT2D eigenvalue weighted by Crippen LogP contribution is -2.34. The van der Waals surface area contributed by atoms with E-state index in [-0.39, 0.29) is 6.09 Å². The van der Waals surface area contributed by atoms with Gasteiger partial charge in [-0.3, -0.25) is 0 Å². The molecule has 1 aliphatic carbocycles. The van der Waals surface area contributed by atoms with Gasteiger partial charge in [-0.25, -0.2) is 4.79 Å². The second-order valence-corrected chi connectivity index (χ2v) is 4.61. The number of benzene rings is 1. The highest BCUT2D eigenvalue weighted by Crippen LogP contribution is 2.41. The van der Waals surface area contributed by atoms with Crippen LogP contribution >= 0.6 is 0 Å². The zero-order valence-corrected chi connectivity index (χ0v) is 9.79. The van der Waals surface area contributed by atoms with Crippen LogP contribution in [0, 0.1) is 0 Å². The number of ether oxygens (including phenoxy) is 2. The number of carbonyl (C=O) groups excluding carboxylic acids is 1. The molecule has 2 aliphatic rings. The molecular formula is C13H15NO3. The van der Waals surface area contributed by atoms with E-state index >= 15 is 0 Å². The van der Waals surface area contributed by atoms with Crippen LogP contribution in [0.3, 0.4) is 0 Å². The van der Waals surface area contributed by atoms with E-state index in [4.69, 9.17) is 9.47 Å². The number of aryl methyl sites for hydroxylation is 1. The van der Waals surface area contributed by atoms with Gasteiger partial charge in [-0.2, -0.15) is 0 Å². The zero-order valence-electron chi connectivity index (χ0n) is 9.79. The van der Waals surface area contributed by atoms with Crippen molar-refractivity contribution in [2.75, 3.05) is 13.7 Å². The van der Waals surface area contributed by atoms with Crippen molar-refractivity contribution in [2.45, 2.75) is 24.9 Å². The standard InChI is InChI=1S/C13H15NO3/c1-16-10-5-4-9-3-2-6-13(11(9)7-10)8-14-12(15)17-13/h4-5,7H,2-3,6,8H2,1H3,(H,14,15). The summed E-state index contributed by atoms with van der Waals surface area (Å²) in [5.41, 5.74) is 1.88. The molecule has 1 unspecified atom stereocenters. The Labute approximate surface area is 99.9 Å². The maximum absolute atomic E-state index is 11.3. The van der Waals surface area contributed by atoms with E-state index in [9.17, 15) is 4.79 Å². The Bertz CT molecular complexity index is 472. The largest absolute Gasteiger partial charge is 0.497 e. The molecule has 0 saturated carbocycles. The lowest BCUT2D eigenvalue weighted by atomic mass is 9.79. The average Bonchev–Trinajstić information content (AvgIpc) is 2.72. The molecule has 0 aromatic heterocycles. The molecule has 1 heterocycles. The van der Waals surface area contributed by atoms with Crippen LogP contribution in [0.2, 0.25) is 0 Å². The molecule has 0 bridgehead atoms. The zero-order chi connectivity index (χ0) is 11.9. The molecule has 90 valence electrons. The summed E-state index contributed by atoms with van der Waals surface area (Å²) in [5, 5.41) is 2.76. The number of hydrogen-bond acceptors (Lipinski definition) is 3. The van der Waals surface area contributed by atoms with Crippen LogP contribution in [0.15, 0.2) is 18.2 Å². The number of fused-ring (bicyclic) bond motifs is 2. The predicted molar refractivity (Wildman–Crippen MR) is 62.1 cm³/mol. The van der Waals surface area contributed by atoms with Crippen molar-refractivity contribution in [2.24, 2.45) is 0 Å². The second-order valence-electron chi connectivity index (χ2n) is 4.61. The Hall–Kier alpha value is -1.71. The quantitative estimate of drug-likeness (QED) is 0.806. The van der Waals surface area contributed by atoms with Gasteiger partial charge >= 0.3 is 6.09 Å². The lowest BCUT2D eigenvalue weighted by molar-refractivity contribution is 0.0394. The molecule has 1 aromatic carbocycles. The van der Waals surface area contributed by atoms with Crippen LogP contribution in [0.1, 0.15) is 24.0 Å². The van der Waals surface area contributed by atoms with Crippen LogP contribution in [0.4, 0.5) is 4.79 Å². The van der Waals surface area contributed by atoms with Crippen molar-refractivity contribution in [3.63, 3.8) is 0 Å². The van der Waals surface area contributed by atoms with Gasteiger partial charge in [0.25, 0.3) is 0 Å². The van der Waals surface area contributed by atoms with Crippen LogP contribution in [-0.4, -0.2) is 19.7 Å². The Balaban J connectivity index is 2.08. The molecule has 4 heteroatoms. The van der Waals surface area contributed by atoms with Gasteiger partial charge in [-0.1, -0.05) is 6.07 Å². The minimum absolute atomic E-state index is 0.319.